The van der Waals surface area contributed by atoms with Gasteiger partial charge in [0.15, 0.2) is 12.2 Å². The van der Waals surface area contributed by atoms with E-state index in [9.17, 15) is 5.11 Å². The average Bonchev–Trinajstić information content (AvgIpc) is 2.62. The van der Waals surface area contributed by atoms with Crippen LogP contribution in [0.4, 0.5) is 5.82 Å². The number of aliphatic hydroxyl groups excluding tert-OH is 2. The molecule has 88 valence electrons. The van der Waals surface area contributed by atoms with E-state index in [-0.39, 0.29) is 25.9 Å². The number of hydrogen-bond donors (Lipinski definition) is 4. The fourth-order valence-electron chi connectivity index (χ4n) is 1.39. The van der Waals surface area contributed by atoms with Crippen LogP contribution < -0.4 is 11.1 Å². The molecule has 0 amide bonds. The van der Waals surface area contributed by atoms with E-state index in [1.807, 2.05) is 0 Å². The summed E-state index contributed by atoms with van der Waals surface area (Å²) in [5.41, 5.74) is 5.88. The van der Waals surface area contributed by atoms with Crippen LogP contribution in [0.15, 0.2) is 11.3 Å². The lowest BCUT2D eigenvalue weighted by atomic mass is 10.3. The highest BCUT2D eigenvalue weighted by molar-refractivity contribution is 5.93. The maximum Gasteiger partial charge on any atom is 0.197 e. The van der Waals surface area contributed by atoms with Gasteiger partial charge >= 0.3 is 0 Å². The minimum atomic E-state index is -1.05. The van der Waals surface area contributed by atoms with Crippen molar-refractivity contribution in [1.29, 1.82) is 0 Å². The molecule has 1 aromatic rings. The minimum Gasteiger partial charge on any atom is -0.394 e. The molecule has 0 aromatic carbocycles. The predicted molar refractivity (Wildman–Crippen MR) is 55.5 cm³/mol. The maximum atomic E-state index is 9.55. The second-order valence-corrected chi connectivity index (χ2v) is 3.22. The van der Waals surface area contributed by atoms with E-state index in [0.717, 1.165) is 0 Å². The van der Waals surface area contributed by atoms with Crippen molar-refractivity contribution in [3.63, 3.8) is 0 Å². The van der Waals surface area contributed by atoms with Crippen LogP contribution in [0.5, 0.6) is 0 Å². The van der Waals surface area contributed by atoms with Crippen LogP contribution in [-0.2, 0) is 11.5 Å². The van der Waals surface area contributed by atoms with Crippen LogP contribution in [-0.4, -0.2) is 38.9 Å². The lowest BCUT2D eigenvalue weighted by molar-refractivity contribution is 0.0490. The summed E-state index contributed by atoms with van der Waals surface area (Å²) in [4.78, 5) is 7.71. The van der Waals surface area contributed by atoms with Gasteiger partial charge in [-0.05, 0) is 0 Å². The molecule has 1 atom stereocenters. The standard InChI is InChI=1S/C8H13N5O3/c9-8-11-6-5(7(15)12-8)10-3-13(6)4-16-2-1-14/h3,7,14-15H,1-2,4H2,(H3,9,11,12). The molecular weight excluding hydrogens is 214 g/mol. The fraction of sp³-hybridized carbons (Fsp3) is 0.500. The normalized spacial score (nSPS) is 18.9. The molecule has 16 heavy (non-hydrogen) atoms. The highest BCUT2D eigenvalue weighted by atomic mass is 16.5. The van der Waals surface area contributed by atoms with Gasteiger partial charge in [-0.2, -0.15) is 0 Å². The molecule has 0 saturated heterocycles. The number of nitrogens with one attached hydrogen (secondary N) is 1. The summed E-state index contributed by atoms with van der Waals surface area (Å²) in [6, 6.07) is 0. The van der Waals surface area contributed by atoms with E-state index in [0.29, 0.717) is 11.5 Å². The molecule has 5 N–H and O–H groups in total. The molecule has 0 radical (unpaired) electrons. The highest BCUT2D eigenvalue weighted by Gasteiger charge is 2.23. The van der Waals surface area contributed by atoms with Crippen molar-refractivity contribution in [3.05, 3.63) is 12.0 Å². The summed E-state index contributed by atoms with van der Waals surface area (Å²) in [6.45, 7) is 0.408. The van der Waals surface area contributed by atoms with Crippen molar-refractivity contribution in [2.24, 2.45) is 10.7 Å². The molecule has 2 heterocycles. The quantitative estimate of drug-likeness (QED) is 0.469. The Kier molecular flexibility index (Phi) is 3.04. The summed E-state index contributed by atoms with van der Waals surface area (Å²) < 4.78 is 6.77. The Morgan fingerprint density at radius 1 is 1.62 bits per heavy atom. The molecule has 1 aromatic heterocycles. The van der Waals surface area contributed by atoms with Crippen molar-refractivity contribution >= 4 is 11.8 Å². The van der Waals surface area contributed by atoms with Crippen molar-refractivity contribution in [2.45, 2.75) is 13.0 Å². The molecule has 0 bridgehead atoms. The Morgan fingerprint density at radius 2 is 2.44 bits per heavy atom. The molecule has 8 heteroatoms. The Bertz CT molecular complexity index is 402. The number of aliphatic hydroxyl groups is 2. The van der Waals surface area contributed by atoms with E-state index >= 15 is 0 Å². The van der Waals surface area contributed by atoms with Gasteiger partial charge < -0.3 is 26.0 Å². The monoisotopic (exact) mass is 227 g/mol. The molecule has 1 aliphatic rings. The minimum absolute atomic E-state index is 0.0451. The van der Waals surface area contributed by atoms with Crippen LogP contribution in [0.3, 0.4) is 0 Å². The number of aliphatic imine (C=N–C) groups is 1. The lowest BCUT2D eigenvalue weighted by Gasteiger charge is -2.17. The molecular formula is C8H13N5O3. The van der Waals surface area contributed by atoms with Crippen molar-refractivity contribution in [1.82, 2.24) is 9.55 Å². The van der Waals surface area contributed by atoms with Crippen molar-refractivity contribution in [3.8, 4) is 0 Å². The zero-order chi connectivity index (χ0) is 11.5. The number of nitrogens with two attached hydrogens (primary N) is 1. The third kappa shape index (κ3) is 1.98. The Labute approximate surface area is 91.4 Å². The smallest absolute Gasteiger partial charge is 0.197 e. The van der Waals surface area contributed by atoms with Crippen LogP contribution in [0, 0.1) is 0 Å². The van der Waals surface area contributed by atoms with Gasteiger partial charge in [0.05, 0.1) is 19.5 Å². The summed E-state index contributed by atoms with van der Waals surface area (Å²) in [6.07, 6.45) is 0.460. The highest BCUT2D eigenvalue weighted by Crippen LogP contribution is 2.25. The number of nitrogens with zero attached hydrogens (tertiary/aromatic N) is 3. The molecule has 8 nitrogen and oxygen atoms in total. The maximum absolute atomic E-state index is 9.55. The number of imidazole rings is 1. The zero-order valence-electron chi connectivity index (χ0n) is 8.50. The number of hydrogen-bond acceptors (Lipinski definition) is 7. The molecule has 2 rings (SSSR count). The van der Waals surface area contributed by atoms with Gasteiger partial charge in [-0.3, -0.25) is 4.57 Å². The predicted octanol–water partition coefficient (Wildman–Crippen LogP) is -1.42. The van der Waals surface area contributed by atoms with Gasteiger partial charge in [0, 0.05) is 0 Å². The Hall–Kier alpha value is -1.64. The third-order valence-corrected chi connectivity index (χ3v) is 2.08. The van der Waals surface area contributed by atoms with Crippen molar-refractivity contribution < 1.29 is 14.9 Å². The molecule has 0 aliphatic carbocycles. The Balaban J connectivity index is 2.13. The van der Waals surface area contributed by atoms with Gasteiger partial charge in [0.2, 0.25) is 0 Å². The number of aromatic nitrogens is 2. The van der Waals surface area contributed by atoms with Crippen molar-refractivity contribution in [2.75, 3.05) is 18.5 Å². The summed E-state index contributed by atoms with van der Waals surface area (Å²) >= 11 is 0. The van der Waals surface area contributed by atoms with E-state index in [4.69, 9.17) is 15.6 Å². The Morgan fingerprint density at radius 3 is 3.19 bits per heavy atom. The van der Waals surface area contributed by atoms with Gasteiger partial charge in [-0.15, -0.1) is 0 Å². The summed E-state index contributed by atoms with van der Waals surface area (Å²) in [5.74, 6) is 0.682. The zero-order valence-corrected chi connectivity index (χ0v) is 8.50. The number of anilines is 1. The number of guanidine groups is 1. The van der Waals surface area contributed by atoms with Gasteiger partial charge in [-0.1, -0.05) is 0 Å². The van der Waals surface area contributed by atoms with E-state index < -0.39 is 6.23 Å². The first-order valence-corrected chi connectivity index (χ1v) is 4.74. The van der Waals surface area contributed by atoms with E-state index in [1.54, 1.807) is 4.57 Å². The van der Waals surface area contributed by atoms with E-state index in [1.165, 1.54) is 6.33 Å². The first-order chi connectivity index (χ1) is 7.72. The first kappa shape index (κ1) is 10.9. The second kappa shape index (κ2) is 4.47. The van der Waals surface area contributed by atoms with Gasteiger partial charge in [0.1, 0.15) is 18.2 Å². The van der Waals surface area contributed by atoms with Crippen LogP contribution in [0.25, 0.3) is 0 Å². The number of ether oxygens (including phenoxy) is 1. The van der Waals surface area contributed by atoms with Gasteiger partial charge in [-0.25, -0.2) is 9.98 Å². The summed E-state index contributed by atoms with van der Waals surface area (Å²) in [7, 11) is 0. The summed E-state index contributed by atoms with van der Waals surface area (Å²) in [5, 5.41) is 20.9. The van der Waals surface area contributed by atoms with Gasteiger partial charge in [0.25, 0.3) is 0 Å². The molecule has 1 aliphatic heterocycles. The van der Waals surface area contributed by atoms with Crippen LogP contribution >= 0.6 is 0 Å². The second-order valence-electron chi connectivity index (χ2n) is 3.22. The largest absolute Gasteiger partial charge is 0.394 e. The van der Waals surface area contributed by atoms with Crippen LogP contribution in [0.2, 0.25) is 0 Å². The van der Waals surface area contributed by atoms with Crippen LogP contribution in [0.1, 0.15) is 11.9 Å². The molecule has 1 unspecified atom stereocenters. The number of rotatable bonds is 4. The fourth-order valence-corrected chi connectivity index (χ4v) is 1.39. The molecule has 0 fully saturated rings. The molecule has 0 saturated carbocycles. The molecule has 0 spiro atoms. The SMILES string of the molecule is NC1=NC(O)c2ncn(COCCO)c2N1. The lowest BCUT2D eigenvalue weighted by Crippen LogP contribution is -2.29. The number of fused-ring (bicyclic) bond motifs is 1. The van der Waals surface area contributed by atoms with E-state index in [2.05, 4.69) is 15.3 Å². The topological polar surface area (TPSA) is 118 Å². The first-order valence-electron chi connectivity index (χ1n) is 4.74. The average molecular weight is 227 g/mol. The third-order valence-electron chi connectivity index (χ3n) is 2.08.